The molecule has 1 unspecified atom stereocenters. The van der Waals surface area contributed by atoms with Crippen LogP contribution < -0.4 is 0 Å². The zero-order chi connectivity index (χ0) is 21.0. The van der Waals surface area contributed by atoms with Crippen LogP contribution in [0.3, 0.4) is 0 Å². The van der Waals surface area contributed by atoms with Crippen molar-refractivity contribution >= 4 is 28.1 Å². The highest BCUT2D eigenvalue weighted by Gasteiger charge is 2.37. The molecule has 2 aromatic rings. The molecule has 8 nitrogen and oxygen atoms in total. The molecule has 3 rings (SSSR count). The SMILES string of the molecule is CCN(CC)C(=O)C1CCCN(S(=O)(=O)c2c(C)noc2/C=C/c2ccco2)C1. The van der Waals surface area contributed by atoms with Crippen LogP contribution in [-0.4, -0.2) is 54.9 Å². The highest BCUT2D eigenvalue weighted by atomic mass is 32.2. The van der Waals surface area contributed by atoms with Crippen LogP contribution in [0.4, 0.5) is 0 Å². The second kappa shape index (κ2) is 8.96. The number of hydrogen-bond acceptors (Lipinski definition) is 6. The maximum Gasteiger partial charge on any atom is 0.248 e. The largest absolute Gasteiger partial charge is 0.465 e. The number of aromatic nitrogens is 1. The van der Waals surface area contributed by atoms with E-state index in [1.807, 2.05) is 13.8 Å². The number of sulfonamides is 1. The maximum absolute atomic E-state index is 13.4. The number of nitrogens with zero attached hydrogens (tertiary/aromatic N) is 3. The van der Waals surface area contributed by atoms with E-state index in [2.05, 4.69) is 5.16 Å². The molecule has 0 saturated carbocycles. The van der Waals surface area contributed by atoms with Gasteiger partial charge in [0.1, 0.15) is 11.5 Å². The van der Waals surface area contributed by atoms with Crippen molar-refractivity contribution in [3.05, 3.63) is 35.6 Å². The highest BCUT2D eigenvalue weighted by molar-refractivity contribution is 7.89. The van der Waals surface area contributed by atoms with Crippen molar-refractivity contribution in [2.24, 2.45) is 5.92 Å². The first-order valence-electron chi connectivity index (χ1n) is 9.85. The molecule has 3 heterocycles. The molecule has 1 aliphatic heterocycles. The van der Waals surface area contributed by atoms with Crippen LogP contribution in [0.25, 0.3) is 12.2 Å². The minimum Gasteiger partial charge on any atom is -0.465 e. The lowest BCUT2D eigenvalue weighted by Gasteiger charge is -2.33. The molecule has 2 aromatic heterocycles. The average Bonchev–Trinajstić information content (AvgIpc) is 3.37. The molecule has 0 aromatic carbocycles. The fourth-order valence-electron chi connectivity index (χ4n) is 3.63. The summed E-state index contributed by atoms with van der Waals surface area (Å²) in [5.41, 5.74) is 0.293. The number of furan rings is 1. The first kappa shape index (κ1) is 21.3. The third kappa shape index (κ3) is 4.45. The van der Waals surface area contributed by atoms with Gasteiger partial charge in [-0.1, -0.05) is 5.16 Å². The summed E-state index contributed by atoms with van der Waals surface area (Å²) in [6.07, 6.45) is 6.02. The Kier molecular flexibility index (Phi) is 6.59. The smallest absolute Gasteiger partial charge is 0.248 e. The van der Waals surface area contributed by atoms with Gasteiger partial charge in [-0.3, -0.25) is 4.79 Å². The zero-order valence-electron chi connectivity index (χ0n) is 17.0. The Morgan fingerprint density at radius 1 is 1.34 bits per heavy atom. The molecule has 1 aliphatic rings. The summed E-state index contributed by atoms with van der Waals surface area (Å²) in [6.45, 7) is 7.23. The fourth-order valence-corrected chi connectivity index (χ4v) is 5.40. The van der Waals surface area contributed by atoms with Gasteiger partial charge >= 0.3 is 0 Å². The quantitative estimate of drug-likeness (QED) is 0.682. The van der Waals surface area contributed by atoms with Gasteiger partial charge in [-0.2, -0.15) is 4.31 Å². The topological polar surface area (TPSA) is 96.9 Å². The Morgan fingerprint density at radius 2 is 2.10 bits per heavy atom. The van der Waals surface area contributed by atoms with Crippen LogP contribution in [0.2, 0.25) is 0 Å². The Labute approximate surface area is 171 Å². The van der Waals surface area contributed by atoms with Crippen LogP contribution >= 0.6 is 0 Å². The molecule has 1 fully saturated rings. The van der Waals surface area contributed by atoms with E-state index < -0.39 is 10.0 Å². The summed E-state index contributed by atoms with van der Waals surface area (Å²) >= 11 is 0. The summed E-state index contributed by atoms with van der Waals surface area (Å²) < 4.78 is 38.6. The van der Waals surface area contributed by atoms with Crippen molar-refractivity contribution < 1.29 is 22.2 Å². The fraction of sp³-hybridized carbons (Fsp3) is 0.500. The van der Waals surface area contributed by atoms with E-state index in [0.29, 0.717) is 43.9 Å². The van der Waals surface area contributed by atoms with Gasteiger partial charge in [-0.25, -0.2) is 8.42 Å². The van der Waals surface area contributed by atoms with Gasteiger partial charge < -0.3 is 13.8 Å². The molecular formula is C20H27N3O5S. The van der Waals surface area contributed by atoms with Crippen LogP contribution in [0.1, 0.15) is 43.9 Å². The van der Waals surface area contributed by atoms with Gasteiger partial charge in [-0.15, -0.1) is 0 Å². The molecular weight excluding hydrogens is 394 g/mol. The second-order valence-corrected chi connectivity index (χ2v) is 8.90. The lowest BCUT2D eigenvalue weighted by atomic mass is 9.98. The van der Waals surface area contributed by atoms with Gasteiger partial charge in [-0.05, 0) is 57.9 Å². The van der Waals surface area contributed by atoms with E-state index in [1.54, 1.807) is 30.0 Å². The summed E-state index contributed by atoms with van der Waals surface area (Å²) in [5.74, 6) is 0.400. The van der Waals surface area contributed by atoms with Crippen molar-refractivity contribution in [3.63, 3.8) is 0 Å². The van der Waals surface area contributed by atoms with Gasteiger partial charge in [0, 0.05) is 26.2 Å². The van der Waals surface area contributed by atoms with Crippen LogP contribution in [0.15, 0.2) is 32.2 Å². The lowest BCUT2D eigenvalue weighted by Crippen LogP contribution is -2.46. The molecule has 158 valence electrons. The minimum absolute atomic E-state index is 0.00915. The summed E-state index contributed by atoms with van der Waals surface area (Å²) in [6, 6.07) is 3.49. The molecule has 0 bridgehead atoms. The number of piperidine rings is 1. The van der Waals surface area contributed by atoms with Crippen LogP contribution in [0.5, 0.6) is 0 Å². The minimum atomic E-state index is -3.85. The summed E-state index contributed by atoms with van der Waals surface area (Å²) in [5, 5.41) is 3.85. The molecule has 0 aliphatic carbocycles. The van der Waals surface area contributed by atoms with Gasteiger partial charge in [0.05, 0.1) is 12.2 Å². The third-order valence-electron chi connectivity index (χ3n) is 5.18. The van der Waals surface area contributed by atoms with E-state index in [9.17, 15) is 13.2 Å². The molecule has 0 radical (unpaired) electrons. The standard InChI is InChI=1S/C20H27N3O5S/c1-4-22(5-2)20(24)16-8-6-12-23(14-16)29(25,26)19-15(3)21-28-18(19)11-10-17-9-7-13-27-17/h7,9-11,13,16H,4-6,8,12,14H2,1-3H3/b11-10+. The van der Waals surface area contributed by atoms with E-state index in [-0.39, 0.29) is 29.0 Å². The van der Waals surface area contributed by atoms with E-state index in [0.717, 1.165) is 0 Å². The van der Waals surface area contributed by atoms with Crippen molar-refractivity contribution in [1.82, 2.24) is 14.4 Å². The number of carbonyl (C=O) groups excluding carboxylic acids is 1. The zero-order valence-corrected chi connectivity index (χ0v) is 17.8. The number of hydrogen-bond donors (Lipinski definition) is 0. The molecule has 9 heteroatoms. The van der Waals surface area contributed by atoms with Gasteiger partial charge in [0.2, 0.25) is 15.9 Å². The first-order valence-corrected chi connectivity index (χ1v) is 11.3. The Bertz CT molecular complexity index is 958. The molecule has 0 N–H and O–H groups in total. The summed E-state index contributed by atoms with van der Waals surface area (Å²) in [7, 11) is -3.85. The van der Waals surface area contributed by atoms with Crippen LogP contribution in [0, 0.1) is 12.8 Å². The molecule has 0 spiro atoms. The second-order valence-electron chi connectivity index (χ2n) is 7.02. The molecule has 1 atom stereocenters. The Morgan fingerprint density at radius 3 is 2.76 bits per heavy atom. The predicted molar refractivity (Wildman–Crippen MR) is 108 cm³/mol. The van der Waals surface area contributed by atoms with Gasteiger partial charge in [0.15, 0.2) is 10.7 Å². The third-order valence-corrected chi connectivity index (χ3v) is 7.21. The van der Waals surface area contributed by atoms with Crippen LogP contribution in [-0.2, 0) is 14.8 Å². The van der Waals surface area contributed by atoms with E-state index >= 15 is 0 Å². The molecule has 1 amide bonds. The normalized spacial score (nSPS) is 18.4. The van der Waals surface area contributed by atoms with Gasteiger partial charge in [0.25, 0.3) is 0 Å². The van der Waals surface area contributed by atoms with Crippen molar-refractivity contribution in [2.45, 2.75) is 38.5 Å². The highest BCUT2D eigenvalue weighted by Crippen LogP contribution is 2.29. The predicted octanol–water partition coefficient (Wildman–Crippen LogP) is 3.02. The molecule has 1 saturated heterocycles. The van der Waals surface area contributed by atoms with E-state index in [1.165, 1.54) is 16.6 Å². The Balaban J connectivity index is 1.85. The number of carbonyl (C=O) groups is 1. The summed E-state index contributed by atoms with van der Waals surface area (Å²) in [4.78, 5) is 14.5. The number of aryl methyl sites for hydroxylation is 1. The van der Waals surface area contributed by atoms with Crippen molar-refractivity contribution in [2.75, 3.05) is 26.2 Å². The Hall–Kier alpha value is -2.39. The van der Waals surface area contributed by atoms with Crippen molar-refractivity contribution in [3.8, 4) is 0 Å². The maximum atomic E-state index is 13.4. The lowest BCUT2D eigenvalue weighted by molar-refractivity contribution is -0.136. The monoisotopic (exact) mass is 421 g/mol. The van der Waals surface area contributed by atoms with E-state index in [4.69, 9.17) is 8.94 Å². The molecule has 29 heavy (non-hydrogen) atoms. The van der Waals surface area contributed by atoms with Crippen molar-refractivity contribution in [1.29, 1.82) is 0 Å². The first-order chi connectivity index (χ1) is 13.9. The number of amides is 1. The average molecular weight is 422 g/mol. The number of rotatable bonds is 7.